The molecule has 0 unspecified atom stereocenters. The van der Waals surface area contributed by atoms with Gasteiger partial charge in [0.15, 0.2) is 11.5 Å². The van der Waals surface area contributed by atoms with Crippen LogP contribution in [0.15, 0.2) is 47.4 Å². The van der Waals surface area contributed by atoms with Gasteiger partial charge >= 0.3 is 0 Å². The standard InChI is InChI=1S/C17H19NO2S/c1-21-15-8-6-14(7-9-15)18-12-13-4-2-5-16-17(13)20-11-3-10-19-16/h2,4-9,18H,3,10-12H2,1H3. The van der Waals surface area contributed by atoms with Crippen LogP contribution < -0.4 is 14.8 Å². The van der Waals surface area contributed by atoms with Gasteiger partial charge in [-0.05, 0) is 36.6 Å². The molecule has 1 aliphatic rings. The number of nitrogens with one attached hydrogen (secondary N) is 1. The fourth-order valence-electron chi connectivity index (χ4n) is 2.30. The van der Waals surface area contributed by atoms with E-state index in [2.05, 4.69) is 41.9 Å². The number of hydrogen-bond donors (Lipinski definition) is 1. The molecular weight excluding hydrogens is 282 g/mol. The number of anilines is 1. The average Bonchev–Trinajstić information content (AvgIpc) is 2.79. The summed E-state index contributed by atoms with van der Waals surface area (Å²) in [5.74, 6) is 1.73. The van der Waals surface area contributed by atoms with Crippen molar-refractivity contribution in [2.45, 2.75) is 17.9 Å². The summed E-state index contributed by atoms with van der Waals surface area (Å²) < 4.78 is 11.6. The van der Waals surface area contributed by atoms with Crippen LogP contribution in [0, 0.1) is 0 Å². The molecule has 21 heavy (non-hydrogen) atoms. The Balaban J connectivity index is 1.72. The minimum atomic E-state index is 0.715. The predicted octanol–water partition coefficient (Wildman–Crippen LogP) is 4.18. The summed E-state index contributed by atoms with van der Waals surface area (Å²) in [6, 6.07) is 14.5. The summed E-state index contributed by atoms with van der Waals surface area (Å²) in [5.41, 5.74) is 2.24. The first-order valence-corrected chi connectivity index (χ1v) is 8.35. The zero-order valence-corrected chi connectivity index (χ0v) is 12.9. The number of hydrogen-bond acceptors (Lipinski definition) is 4. The zero-order chi connectivity index (χ0) is 14.5. The van der Waals surface area contributed by atoms with E-state index in [9.17, 15) is 0 Å². The molecule has 0 spiro atoms. The third-order valence-electron chi connectivity index (χ3n) is 3.43. The Bertz CT molecular complexity index is 598. The van der Waals surface area contributed by atoms with Crippen LogP contribution in [-0.2, 0) is 6.54 Å². The Morgan fingerprint density at radius 2 is 1.86 bits per heavy atom. The molecule has 0 bridgehead atoms. The van der Waals surface area contributed by atoms with Crippen molar-refractivity contribution in [2.24, 2.45) is 0 Å². The molecule has 1 N–H and O–H groups in total. The molecule has 1 aliphatic heterocycles. The number of para-hydroxylation sites is 1. The lowest BCUT2D eigenvalue weighted by atomic mass is 10.1. The molecule has 2 aromatic carbocycles. The van der Waals surface area contributed by atoms with Crippen LogP contribution >= 0.6 is 11.8 Å². The molecule has 1 heterocycles. The van der Waals surface area contributed by atoms with Gasteiger partial charge in [-0.2, -0.15) is 0 Å². The Hall–Kier alpha value is -1.81. The highest BCUT2D eigenvalue weighted by Gasteiger charge is 2.14. The van der Waals surface area contributed by atoms with Gasteiger partial charge in [-0.3, -0.25) is 0 Å². The van der Waals surface area contributed by atoms with E-state index in [1.54, 1.807) is 11.8 Å². The fourth-order valence-corrected chi connectivity index (χ4v) is 2.71. The van der Waals surface area contributed by atoms with E-state index in [0.29, 0.717) is 6.61 Å². The first kappa shape index (κ1) is 14.1. The van der Waals surface area contributed by atoms with Crippen LogP contribution in [0.25, 0.3) is 0 Å². The second kappa shape index (κ2) is 6.76. The van der Waals surface area contributed by atoms with Crippen molar-refractivity contribution in [1.29, 1.82) is 0 Å². The summed E-state index contributed by atoms with van der Waals surface area (Å²) in [7, 11) is 0. The van der Waals surface area contributed by atoms with Crippen molar-refractivity contribution in [3.63, 3.8) is 0 Å². The van der Waals surface area contributed by atoms with Crippen molar-refractivity contribution < 1.29 is 9.47 Å². The van der Waals surface area contributed by atoms with E-state index >= 15 is 0 Å². The van der Waals surface area contributed by atoms with Crippen LogP contribution in [0.1, 0.15) is 12.0 Å². The lowest BCUT2D eigenvalue weighted by Gasteiger charge is -2.13. The Labute approximate surface area is 129 Å². The van der Waals surface area contributed by atoms with E-state index in [0.717, 1.165) is 42.3 Å². The molecule has 0 atom stereocenters. The smallest absolute Gasteiger partial charge is 0.166 e. The summed E-state index contributed by atoms with van der Waals surface area (Å²) in [4.78, 5) is 1.27. The minimum absolute atomic E-state index is 0.715. The summed E-state index contributed by atoms with van der Waals surface area (Å²) in [6.07, 6.45) is 3.01. The van der Waals surface area contributed by atoms with Crippen LogP contribution in [0.2, 0.25) is 0 Å². The van der Waals surface area contributed by atoms with Gasteiger partial charge in [0.2, 0.25) is 0 Å². The molecule has 0 saturated heterocycles. The number of ether oxygens (including phenoxy) is 2. The van der Waals surface area contributed by atoms with Gasteiger partial charge in [0.05, 0.1) is 13.2 Å². The number of rotatable bonds is 4. The third kappa shape index (κ3) is 3.45. The molecule has 3 rings (SSSR count). The molecule has 0 saturated carbocycles. The highest BCUT2D eigenvalue weighted by atomic mass is 32.2. The maximum absolute atomic E-state index is 5.84. The third-order valence-corrected chi connectivity index (χ3v) is 4.17. The Morgan fingerprint density at radius 3 is 2.67 bits per heavy atom. The molecular formula is C17H19NO2S. The molecule has 0 aromatic heterocycles. The van der Waals surface area contributed by atoms with E-state index in [1.165, 1.54) is 4.90 Å². The highest BCUT2D eigenvalue weighted by Crippen LogP contribution is 2.33. The van der Waals surface area contributed by atoms with Crippen molar-refractivity contribution in [3.05, 3.63) is 48.0 Å². The van der Waals surface area contributed by atoms with Crippen molar-refractivity contribution in [2.75, 3.05) is 24.8 Å². The van der Waals surface area contributed by atoms with Crippen LogP contribution in [0.3, 0.4) is 0 Å². The van der Waals surface area contributed by atoms with Crippen molar-refractivity contribution >= 4 is 17.4 Å². The second-order valence-electron chi connectivity index (χ2n) is 4.88. The minimum Gasteiger partial charge on any atom is -0.490 e. The molecule has 2 aromatic rings. The topological polar surface area (TPSA) is 30.5 Å². The monoisotopic (exact) mass is 301 g/mol. The Kier molecular flexibility index (Phi) is 4.55. The highest BCUT2D eigenvalue weighted by molar-refractivity contribution is 7.98. The zero-order valence-electron chi connectivity index (χ0n) is 12.1. The summed E-state index contributed by atoms with van der Waals surface area (Å²) >= 11 is 1.75. The molecule has 0 radical (unpaired) electrons. The van der Waals surface area contributed by atoms with Gasteiger partial charge in [0, 0.05) is 29.1 Å². The van der Waals surface area contributed by atoms with Gasteiger partial charge in [0.1, 0.15) is 0 Å². The largest absolute Gasteiger partial charge is 0.490 e. The summed E-state index contributed by atoms with van der Waals surface area (Å²) in [5, 5.41) is 3.44. The normalized spacial score (nSPS) is 13.6. The van der Waals surface area contributed by atoms with E-state index in [4.69, 9.17) is 9.47 Å². The van der Waals surface area contributed by atoms with E-state index in [-0.39, 0.29) is 0 Å². The van der Waals surface area contributed by atoms with Gasteiger partial charge < -0.3 is 14.8 Å². The Morgan fingerprint density at radius 1 is 1.05 bits per heavy atom. The van der Waals surface area contributed by atoms with Crippen LogP contribution in [0.4, 0.5) is 5.69 Å². The second-order valence-corrected chi connectivity index (χ2v) is 5.76. The molecule has 0 fully saturated rings. The maximum atomic E-state index is 5.84. The van der Waals surface area contributed by atoms with Gasteiger partial charge in [0.25, 0.3) is 0 Å². The number of fused-ring (bicyclic) bond motifs is 1. The predicted molar refractivity (Wildman–Crippen MR) is 87.6 cm³/mol. The van der Waals surface area contributed by atoms with Gasteiger partial charge in [-0.1, -0.05) is 12.1 Å². The molecule has 0 aliphatic carbocycles. The number of thioether (sulfide) groups is 1. The maximum Gasteiger partial charge on any atom is 0.166 e. The lowest BCUT2D eigenvalue weighted by molar-refractivity contribution is 0.296. The summed E-state index contributed by atoms with van der Waals surface area (Å²) in [6.45, 7) is 2.16. The van der Waals surface area contributed by atoms with Gasteiger partial charge in [-0.15, -0.1) is 11.8 Å². The van der Waals surface area contributed by atoms with Gasteiger partial charge in [-0.25, -0.2) is 0 Å². The molecule has 4 heteroatoms. The molecule has 0 amide bonds. The fraction of sp³-hybridized carbons (Fsp3) is 0.294. The van der Waals surface area contributed by atoms with Crippen molar-refractivity contribution in [1.82, 2.24) is 0 Å². The quantitative estimate of drug-likeness (QED) is 0.858. The number of benzene rings is 2. The van der Waals surface area contributed by atoms with E-state index < -0.39 is 0 Å². The first-order valence-electron chi connectivity index (χ1n) is 7.12. The first-order chi connectivity index (χ1) is 10.4. The van der Waals surface area contributed by atoms with E-state index in [1.807, 2.05) is 12.1 Å². The molecule has 3 nitrogen and oxygen atoms in total. The SMILES string of the molecule is CSc1ccc(NCc2cccc3c2OCCCO3)cc1. The van der Waals surface area contributed by atoms with Crippen molar-refractivity contribution in [3.8, 4) is 11.5 Å². The lowest BCUT2D eigenvalue weighted by Crippen LogP contribution is -2.03. The van der Waals surface area contributed by atoms with Crippen LogP contribution in [-0.4, -0.2) is 19.5 Å². The molecule has 110 valence electrons. The van der Waals surface area contributed by atoms with Crippen LogP contribution in [0.5, 0.6) is 11.5 Å². The average molecular weight is 301 g/mol.